The molecule has 0 bridgehead atoms. The Labute approximate surface area is 305 Å². The van der Waals surface area contributed by atoms with Gasteiger partial charge in [-0.2, -0.15) is 4.81 Å². The van der Waals surface area contributed by atoms with Crippen LogP contribution in [0.5, 0.6) is 11.5 Å². The molecule has 0 saturated heterocycles. The van der Waals surface area contributed by atoms with Crippen LogP contribution in [0.4, 0.5) is 10.3 Å². The minimum atomic E-state index is -2.19. The van der Waals surface area contributed by atoms with E-state index in [1.807, 2.05) is 0 Å². The molecule has 3 heterocycles. The van der Waals surface area contributed by atoms with Gasteiger partial charge in [-0.3, -0.25) is 9.59 Å². The normalized spacial score (nSPS) is 14.8. The number of aromatic nitrogens is 2. The summed E-state index contributed by atoms with van der Waals surface area (Å²) in [4.78, 5) is 67.5. The van der Waals surface area contributed by atoms with Crippen molar-refractivity contribution in [1.29, 1.82) is 0 Å². The van der Waals surface area contributed by atoms with Gasteiger partial charge in [-0.25, -0.2) is 24.5 Å². The fourth-order valence-electron chi connectivity index (χ4n) is 4.96. The quantitative estimate of drug-likeness (QED) is 0.0249. The summed E-state index contributed by atoms with van der Waals surface area (Å²) in [6, 6.07) is 8.02. The minimum absolute atomic E-state index is 0.0204. The molecular weight excluding hydrogens is 742 g/mol. The van der Waals surface area contributed by atoms with Crippen molar-refractivity contribution >= 4 is 82.3 Å². The van der Waals surface area contributed by atoms with Gasteiger partial charge < -0.3 is 57.3 Å². The number of nitrogens with one attached hydrogen (secondary N) is 2. The van der Waals surface area contributed by atoms with Gasteiger partial charge in [0.05, 0.1) is 17.4 Å². The third kappa shape index (κ3) is 8.79. The molecule has 0 fully saturated rings. The number of fused-ring (bicyclic) bond motifs is 1. The summed E-state index contributed by atoms with van der Waals surface area (Å²) in [6.45, 7) is 0. The SMILES string of the molecule is Nc1nc(/C(=N/O)C(=O)N[C@@H](Cc2cccc(C(=O)O)c2O)B(O)OO/N=C(\C(=O)N[C@H]2Cc3cccc(C(=O)O)c3OB2O)c2csc(N)n2)cs1. The molecular formula is C28H26B2N8O13S2. The maximum atomic E-state index is 13.5. The van der Waals surface area contributed by atoms with Crippen molar-refractivity contribution in [2.24, 2.45) is 10.3 Å². The lowest BCUT2D eigenvalue weighted by Gasteiger charge is -2.28. The van der Waals surface area contributed by atoms with Crippen molar-refractivity contribution in [2.45, 2.75) is 24.7 Å². The third-order valence-corrected chi connectivity index (χ3v) is 8.79. The zero-order valence-corrected chi connectivity index (χ0v) is 28.3. The molecule has 5 rings (SSSR count). The maximum Gasteiger partial charge on any atom is 0.547 e. The van der Waals surface area contributed by atoms with Crippen LogP contribution in [0.1, 0.15) is 43.2 Å². The van der Waals surface area contributed by atoms with Crippen LogP contribution in [0.15, 0.2) is 57.5 Å². The van der Waals surface area contributed by atoms with Gasteiger partial charge in [0, 0.05) is 10.8 Å². The molecule has 2 aromatic heterocycles. The highest BCUT2D eigenvalue weighted by molar-refractivity contribution is 7.14. The number of amides is 2. The number of oxime groups is 2. The number of carboxylic acid groups (broad SMARTS) is 2. The number of hydrogen-bond acceptors (Lipinski definition) is 19. The number of nitrogens with two attached hydrogens (primary N) is 2. The van der Waals surface area contributed by atoms with Crippen molar-refractivity contribution in [3.8, 4) is 11.5 Å². The molecule has 25 heteroatoms. The summed E-state index contributed by atoms with van der Waals surface area (Å²) in [5.41, 5.74) is 9.50. The summed E-state index contributed by atoms with van der Waals surface area (Å²) in [6.07, 6.45) is -0.568. The van der Waals surface area contributed by atoms with Crippen LogP contribution in [0.2, 0.25) is 0 Å². The van der Waals surface area contributed by atoms with E-state index in [0.717, 1.165) is 28.7 Å². The van der Waals surface area contributed by atoms with Gasteiger partial charge in [-0.05, 0) is 41.3 Å². The number of rotatable bonds is 14. The largest absolute Gasteiger partial charge is 0.547 e. The zero-order valence-electron chi connectivity index (χ0n) is 26.6. The Morgan fingerprint density at radius 1 is 1.00 bits per heavy atom. The number of carbonyl (C=O) groups excluding carboxylic acids is 2. The van der Waals surface area contributed by atoms with Gasteiger partial charge in [0.25, 0.3) is 11.8 Å². The van der Waals surface area contributed by atoms with Gasteiger partial charge in [-0.1, -0.05) is 29.4 Å². The molecule has 0 aliphatic carbocycles. The van der Waals surface area contributed by atoms with E-state index in [1.54, 1.807) is 6.07 Å². The zero-order chi connectivity index (χ0) is 38.4. The van der Waals surface area contributed by atoms with E-state index < -0.39 is 79.0 Å². The molecule has 2 amide bonds. The van der Waals surface area contributed by atoms with Gasteiger partial charge in [0.2, 0.25) is 0 Å². The Hall–Kier alpha value is -6.27. The van der Waals surface area contributed by atoms with Crippen LogP contribution >= 0.6 is 22.7 Å². The molecule has 1 aliphatic rings. The summed E-state index contributed by atoms with van der Waals surface area (Å²) >= 11 is 1.86. The molecule has 21 nitrogen and oxygen atoms in total. The highest BCUT2D eigenvalue weighted by Gasteiger charge is 2.39. The number of benzene rings is 2. The van der Waals surface area contributed by atoms with Gasteiger partial charge in [-0.15, -0.1) is 22.7 Å². The van der Waals surface area contributed by atoms with Gasteiger partial charge in [0.1, 0.15) is 28.5 Å². The van der Waals surface area contributed by atoms with Crippen molar-refractivity contribution in [2.75, 3.05) is 11.5 Å². The van der Waals surface area contributed by atoms with Crippen LogP contribution in [-0.2, 0) is 32.2 Å². The number of carbonyl (C=O) groups is 4. The molecule has 0 spiro atoms. The van der Waals surface area contributed by atoms with Crippen molar-refractivity contribution < 1.29 is 64.2 Å². The second-order valence-electron chi connectivity index (χ2n) is 10.9. The van der Waals surface area contributed by atoms with Gasteiger partial charge in [0.15, 0.2) is 21.7 Å². The number of phenols is 1. The molecule has 12 N–H and O–H groups in total. The molecule has 0 saturated carbocycles. The lowest BCUT2D eigenvalue weighted by Crippen LogP contribution is -2.54. The Morgan fingerprint density at radius 2 is 1.62 bits per heavy atom. The molecule has 0 unspecified atom stereocenters. The molecule has 53 heavy (non-hydrogen) atoms. The highest BCUT2D eigenvalue weighted by atomic mass is 32.1. The number of anilines is 2. The molecule has 1 aliphatic heterocycles. The predicted molar refractivity (Wildman–Crippen MR) is 186 cm³/mol. The lowest BCUT2D eigenvalue weighted by molar-refractivity contribution is -0.225. The minimum Gasteiger partial charge on any atom is -0.534 e. The molecule has 0 radical (unpaired) electrons. The van der Waals surface area contributed by atoms with Crippen LogP contribution in [0, 0.1) is 0 Å². The average Bonchev–Trinajstić information content (AvgIpc) is 3.74. The molecule has 4 aromatic rings. The predicted octanol–water partition coefficient (Wildman–Crippen LogP) is -0.716. The second kappa shape index (κ2) is 16.4. The highest BCUT2D eigenvalue weighted by Crippen LogP contribution is 2.30. The number of nitrogens with zero attached hydrogens (tertiary/aromatic N) is 4. The van der Waals surface area contributed by atoms with E-state index in [4.69, 9.17) is 25.9 Å². The van der Waals surface area contributed by atoms with E-state index in [-0.39, 0.29) is 44.9 Å². The third-order valence-electron chi connectivity index (χ3n) is 7.45. The molecule has 2 aromatic carbocycles. The fraction of sp³-hybridized carbons (Fsp3) is 0.143. The maximum absolute atomic E-state index is 13.5. The van der Waals surface area contributed by atoms with Crippen LogP contribution in [-0.4, -0.2) is 102 Å². The topological polar surface area (TPSA) is 344 Å². The smallest absolute Gasteiger partial charge is 0.534 e. The average molecular weight is 768 g/mol. The van der Waals surface area contributed by atoms with Crippen LogP contribution < -0.4 is 26.8 Å². The van der Waals surface area contributed by atoms with E-state index in [0.29, 0.717) is 5.56 Å². The van der Waals surface area contributed by atoms with E-state index >= 15 is 0 Å². The number of aromatic carboxylic acids is 2. The Kier molecular flexibility index (Phi) is 11.7. The van der Waals surface area contributed by atoms with Crippen LogP contribution in [0.25, 0.3) is 0 Å². The number of carboxylic acids is 2. The number of hydrogen-bond donors (Lipinski definition) is 10. The second-order valence-corrected chi connectivity index (χ2v) is 12.7. The van der Waals surface area contributed by atoms with Crippen molar-refractivity contribution in [1.82, 2.24) is 20.6 Å². The Bertz CT molecular complexity index is 2110. The molecule has 2 atom stereocenters. The van der Waals surface area contributed by atoms with Crippen molar-refractivity contribution in [3.05, 3.63) is 80.8 Å². The molecule has 274 valence electrons. The first kappa shape index (κ1) is 38.0. The van der Waals surface area contributed by atoms with Crippen LogP contribution in [0.3, 0.4) is 0 Å². The van der Waals surface area contributed by atoms with E-state index in [1.165, 1.54) is 35.0 Å². The number of thiazole rings is 2. The lowest BCUT2D eigenvalue weighted by atomic mass is 9.72. The fourth-order valence-corrected chi connectivity index (χ4v) is 6.05. The van der Waals surface area contributed by atoms with E-state index in [2.05, 4.69) is 30.9 Å². The van der Waals surface area contributed by atoms with E-state index in [9.17, 15) is 49.8 Å². The summed E-state index contributed by atoms with van der Waals surface area (Å²) in [7, 11) is -3.88. The van der Waals surface area contributed by atoms with Gasteiger partial charge >= 0.3 is 26.2 Å². The number of aromatic hydroxyl groups is 1. The van der Waals surface area contributed by atoms with Crippen molar-refractivity contribution in [3.63, 3.8) is 0 Å². The summed E-state index contributed by atoms with van der Waals surface area (Å²) in [5, 5.41) is 74.7. The summed E-state index contributed by atoms with van der Waals surface area (Å²) in [5.74, 6) is -8.37. The summed E-state index contributed by atoms with van der Waals surface area (Å²) < 4.78 is 5.41. The first-order chi connectivity index (χ1) is 25.3. The first-order valence-corrected chi connectivity index (χ1v) is 16.6. The monoisotopic (exact) mass is 768 g/mol. The Balaban J connectivity index is 1.37. The first-order valence-electron chi connectivity index (χ1n) is 14.9. The number of nitrogen functional groups attached to an aromatic ring is 2. The number of para-hydroxylation sites is 2. The standard InChI is InChI=1S/C28H26B2N8O13S2/c31-27-33-15(9-52-27)19(37-48)23(40)36-18(7-11-3-1-5-13(21(11)39)25(42)43)30(47)50-51-38-20(16-10-53-28(32)34-16)24(41)35-17-8-12-4-2-6-14(26(44)45)22(12)49-29(17)46/h1-6,9-10,17-18,39,46-48H,7-8H2,(H2,31,33)(H2,32,34)(H,35,41)(H,36,40)(H,42,43)(H,44,45)/b37-19-,38-20-/t17-,18-/m0/s1. The Morgan fingerprint density at radius 3 is 2.23 bits per heavy atom.